The lowest BCUT2D eigenvalue weighted by Crippen LogP contribution is -2.48. The van der Waals surface area contributed by atoms with Gasteiger partial charge < -0.3 is 10.6 Å². The van der Waals surface area contributed by atoms with Gasteiger partial charge in [-0.2, -0.15) is 31.1 Å². The summed E-state index contributed by atoms with van der Waals surface area (Å²) in [5.74, 6) is -1.03. The van der Waals surface area contributed by atoms with Gasteiger partial charge in [0.15, 0.2) is 0 Å². The quantitative estimate of drug-likeness (QED) is 0.405. The Kier molecular flexibility index (Phi) is 9.12. The molecule has 2 atom stereocenters. The third-order valence-electron chi connectivity index (χ3n) is 7.03. The summed E-state index contributed by atoms with van der Waals surface area (Å²) < 4.78 is 107. The lowest BCUT2D eigenvalue weighted by atomic mass is 9.86. The number of hydrogen-bond acceptors (Lipinski definition) is 5. The highest BCUT2D eigenvalue weighted by Crippen LogP contribution is 2.33. The lowest BCUT2D eigenvalue weighted by molar-refractivity contribution is -0.158. The smallest absolute Gasteiger partial charge is 0.349 e. The lowest BCUT2D eigenvalue weighted by Gasteiger charge is -2.30. The molecule has 40 heavy (non-hydrogen) atoms. The number of rotatable bonds is 8. The summed E-state index contributed by atoms with van der Waals surface area (Å²) in [6.45, 7) is 4.44. The maximum absolute atomic E-state index is 13.8. The average Bonchev–Trinajstić information content (AvgIpc) is 2.88. The largest absolute Gasteiger partial charge is 0.416 e. The zero-order valence-corrected chi connectivity index (χ0v) is 22.2. The molecule has 220 valence electrons. The fourth-order valence-corrected chi connectivity index (χ4v) is 6.27. The number of alkyl halides is 6. The van der Waals surface area contributed by atoms with Gasteiger partial charge in [-0.25, -0.2) is 8.42 Å². The fourth-order valence-electron chi connectivity index (χ4n) is 5.00. The van der Waals surface area contributed by atoms with Gasteiger partial charge in [0.2, 0.25) is 15.9 Å². The Morgan fingerprint density at radius 3 is 2.45 bits per heavy atom. The summed E-state index contributed by atoms with van der Waals surface area (Å²) in [5, 5.41) is 5.89. The van der Waals surface area contributed by atoms with Gasteiger partial charge in [0.25, 0.3) is 0 Å². The number of nitrogens with zero attached hydrogens (tertiary/aromatic N) is 1. The van der Waals surface area contributed by atoms with Crippen molar-refractivity contribution in [1.82, 2.24) is 20.3 Å². The van der Waals surface area contributed by atoms with Crippen LogP contribution in [0.4, 0.5) is 26.3 Å². The fraction of sp³-hybridized carbons (Fsp3) is 0.500. The standard InChI is InChI=1S/C26H30F6N4O3S/c27-25(28,29)19-4-2-5-20(14-19)40(38,39)35-23(26(30,31)32)15-24(37)34-22-6-1-3-18-13-17(7-8-21(18)22)16-36-11-9-33-10-12-36/h2,4-5,7-8,13-14,22-23,33,35H,1,3,6,9-12,15-16H2,(H,34,37)/t22-,23-/m1/s1. The summed E-state index contributed by atoms with van der Waals surface area (Å²) in [7, 11) is -5.03. The number of hydrogen-bond donors (Lipinski definition) is 3. The number of piperazine rings is 1. The molecule has 3 N–H and O–H groups in total. The number of sulfonamides is 1. The van der Waals surface area contributed by atoms with Crippen molar-refractivity contribution in [2.24, 2.45) is 0 Å². The zero-order chi connectivity index (χ0) is 29.1. The average molecular weight is 593 g/mol. The van der Waals surface area contributed by atoms with E-state index in [2.05, 4.69) is 21.6 Å². The Bertz CT molecular complexity index is 1310. The third-order valence-corrected chi connectivity index (χ3v) is 8.50. The van der Waals surface area contributed by atoms with Crippen molar-refractivity contribution in [3.63, 3.8) is 0 Å². The minimum Gasteiger partial charge on any atom is -0.349 e. The van der Waals surface area contributed by atoms with Crippen LogP contribution in [0, 0.1) is 0 Å². The van der Waals surface area contributed by atoms with E-state index in [1.54, 1.807) is 0 Å². The minimum atomic E-state index is -5.17. The topological polar surface area (TPSA) is 90.5 Å². The van der Waals surface area contributed by atoms with Crippen LogP contribution >= 0.6 is 0 Å². The number of halogens is 6. The van der Waals surface area contributed by atoms with E-state index >= 15 is 0 Å². The van der Waals surface area contributed by atoms with Crippen LogP contribution in [0.2, 0.25) is 0 Å². The van der Waals surface area contributed by atoms with Crippen molar-refractivity contribution in [1.29, 1.82) is 0 Å². The molecule has 1 aliphatic heterocycles. The molecule has 4 rings (SSSR count). The van der Waals surface area contributed by atoms with Crippen LogP contribution in [0.5, 0.6) is 0 Å². The first-order valence-corrected chi connectivity index (χ1v) is 14.3. The number of carbonyl (C=O) groups is 1. The molecule has 0 radical (unpaired) electrons. The molecular weight excluding hydrogens is 562 g/mol. The molecule has 0 spiro atoms. The van der Waals surface area contributed by atoms with E-state index < -0.39 is 57.2 Å². The van der Waals surface area contributed by atoms with Gasteiger partial charge in [0.1, 0.15) is 6.04 Å². The van der Waals surface area contributed by atoms with Crippen LogP contribution in [0.3, 0.4) is 0 Å². The molecule has 2 aliphatic rings. The minimum absolute atomic E-state index is 0.241. The van der Waals surface area contributed by atoms with Crippen molar-refractivity contribution in [2.75, 3.05) is 26.2 Å². The highest BCUT2D eigenvalue weighted by atomic mass is 32.2. The van der Waals surface area contributed by atoms with Gasteiger partial charge in [-0.15, -0.1) is 0 Å². The van der Waals surface area contributed by atoms with E-state index in [0.29, 0.717) is 18.9 Å². The number of aryl methyl sites for hydroxylation is 1. The zero-order valence-electron chi connectivity index (χ0n) is 21.4. The summed E-state index contributed by atoms with van der Waals surface area (Å²) in [5.41, 5.74) is 1.58. The van der Waals surface area contributed by atoms with Crippen LogP contribution in [0.1, 0.15) is 47.6 Å². The molecule has 1 saturated heterocycles. The van der Waals surface area contributed by atoms with E-state index in [1.165, 1.54) is 4.72 Å². The van der Waals surface area contributed by atoms with E-state index in [1.807, 2.05) is 12.1 Å². The van der Waals surface area contributed by atoms with Crippen LogP contribution in [0.15, 0.2) is 47.4 Å². The van der Waals surface area contributed by atoms with Gasteiger partial charge >= 0.3 is 12.4 Å². The molecule has 2 aromatic rings. The van der Waals surface area contributed by atoms with Crippen molar-refractivity contribution in [3.05, 3.63) is 64.7 Å². The molecule has 0 bridgehead atoms. The summed E-state index contributed by atoms with van der Waals surface area (Å²) in [6, 6.07) is 4.85. The first kappa shape index (κ1) is 30.3. The van der Waals surface area contributed by atoms with E-state index in [4.69, 9.17) is 0 Å². The Balaban J connectivity index is 1.44. The Morgan fingerprint density at radius 2 is 1.77 bits per heavy atom. The molecule has 1 amide bonds. The van der Waals surface area contributed by atoms with Crippen LogP contribution in [-0.4, -0.2) is 57.6 Å². The van der Waals surface area contributed by atoms with Crippen molar-refractivity contribution < 1.29 is 39.6 Å². The highest BCUT2D eigenvalue weighted by molar-refractivity contribution is 7.89. The summed E-state index contributed by atoms with van der Waals surface area (Å²) in [6.07, 6.45) is -9.36. The van der Waals surface area contributed by atoms with E-state index in [0.717, 1.165) is 68.0 Å². The van der Waals surface area contributed by atoms with E-state index in [9.17, 15) is 39.6 Å². The second-order valence-corrected chi connectivity index (χ2v) is 11.7. The molecular formula is C26H30F6N4O3S. The molecule has 1 aliphatic carbocycles. The van der Waals surface area contributed by atoms with Gasteiger partial charge in [0, 0.05) is 32.7 Å². The number of nitrogens with one attached hydrogen (secondary N) is 3. The molecule has 1 heterocycles. The van der Waals surface area contributed by atoms with Crippen LogP contribution in [-0.2, 0) is 34.0 Å². The third kappa shape index (κ3) is 7.74. The monoisotopic (exact) mass is 592 g/mol. The van der Waals surface area contributed by atoms with Crippen molar-refractivity contribution in [3.8, 4) is 0 Å². The van der Waals surface area contributed by atoms with Crippen molar-refractivity contribution >= 4 is 15.9 Å². The Hall–Kier alpha value is -2.68. The normalized spacial score (nSPS) is 19.6. The maximum atomic E-state index is 13.8. The first-order chi connectivity index (χ1) is 18.7. The first-order valence-electron chi connectivity index (χ1n) is 12.8. The maximum Gasteiger partial charge on any atom is 0.416 e. The molecule has 14 heteroatoms. The van der Waals surface area contributed by atoms with Crippen LogP contribution in [0.25, 0.3) is 0 Å². The molecule has 0 saturated carbocycles. The predicted octanol–water partition coefficient (Wildman–Crippen LogP) is 3.90. The number of benzene rings is 2. The molecule has 0 unspecified atom stereocenters. The number of carbonyl (C=O) groups excluding carboxylic acids is 1. The molecule has 1 fully saturated rings. The Labute approximate surface area is 228 Å². The Morgan fingerprint density at radius 1 is 1.05 bits per heavy atom. The molecule has 2 aromatic carbocycles. The number of amides is 1. The summed E-state index contributed by atoms with van der Waals surface area (Å²) >= 11 is 0. The second-order valence-electron chi connectivity index (χ2n) is 10.0. The van der Waals surface area contributed by atoms with Gasteiger partial charge in [-0.3, -0.25) is 9.69 Å². The van der Waals surface area contributed by atoms with Gasteiger partial charge in [-0.05, 0) is 54.2 Å². The van der Waals surface area contributed by atoms with Gasteiger partial charge in [0.05, 0.1) is 22.9 Å². The number of fused-ring (bicyclic) bond motifs is 1. The predicted molar refractivity (Wildman–Crippen MR) is 135 cm³/mol. The van der Waals surface area contributed by atoms with Gasteiger partial charge in [-0.1, -0.05) is 24.3 Å². The summed E-state index contributed by atoms with van der Waals surface area (Å²) in [4.78, 5) is 14.0. The molecule has 0 aromatic heterocycles. The molecule has 7 nitrogen and oxygen atoms in total. The second kappa shape index (κ2) is 12.0. The van der Waals surface area contributed by atoms with E-state index in [-0.39, 0.29) is 6.07 Å². The highest BCUT2D eigenvalue weighted by Gasteiger charge is 2.44. The van der Waals surface area contributed by atoms with Crippen molar-refractivity contribution in [2.45, 2.75) is 61.6 Å². The van der Waals surface area contributed by atoms with Crippen LogP contribution < -0.4 is 15.4 Å². The SMILES string of the molecule is O=C(C[C@@H](NS(=O)(=O)c1cccc(C(F)(F)F)c1)C(F)(F)F)N[C@@H]1CCCc2cc(CN3CCNCC3)ccc21.